The first-order valence-electron chi connectivity index (χ1n) is 9.01. The zero-order chi connectivity index (χ0) is 19.1. The highest BCUT2D eigenvalue weighted by atomic mass is 32.1. The molecule has 0 bridgehead atoms. The number of ether oxygens (including phenoxy) is 2. The highest BCUT2D eigenvalue weighted by Crippen LogP contribution is 2.30. The van der Waals surface area contributed by atoms with Crippen LogP contribution < -0.4 is 25.6 Å². The molecule has 3 rings (SSSR count). The second-order valence-corrected chi connectivity index (χ2v) is 6.60. The Bertz CT molecular complexity index is 809. The highest BCUT2D eigenvalue weighted by molar-refractivity contribution is 7.80. The smallest absolute Gasteiger partial charge is 0.269 e. The van der Waals surface area contributed by atoms with Gasteiger partial charge in [-0.05, 0) is 61.0 Å². The van der Waals surface area contributed by atoms with Gasteiger partial charge < -0.3 is 14.8 Å². The lowest BCUT2D eigenvalue weighted by atomic mass is 10.1. The number of hydrazine groups is 1. The predicted octanol–water partition coefficient (Wildman–Crippen LogP) is 3.43. The summed E-state index contributed by atoms with van der Waals surface area (Å²) in [6.07, 6.45) is 3.43. The molecule has 0 saturated heterocycles. The molecule has 0 aliphatic carbocycles. The number of hydrogen-bond donors (Lipinski definition) is 3. The van der Waals surface area contributed by atoms with Gasteiger partial charge in [-0.15, -0.1) is 0 Å². The Balaban J connectivity index is 1.49. The molecule has 1 amide bonds. The summed E-state index contributed by atoms with van der Waals surface area (Å²) in [5.74, 6) is 0.897. The minimum absolute atomic E-state index is 0.308. The van der Waals surface area contributed by atoms with E-state index in [4.69, 9.17) is 21.7 Å². The van der Waals surface area contributed by atoms with Crippen LogP contribution in [0.4, 0.5) is 5.69 Å². The third kappa shape index (κ3) is 5.34. The van der Waals surface area contributed by atoms with Crippen LogP contribution in [0.1, 0.15) is 35.7 Å². The normalized spacial score (nSPS) is 12.2. The van der Waals surface area contributed by atoms with Crippen LogP contribution in [0.3, 0.4) is 0 Å². The maximum atomic E-state index is 12.3. The number of carbonyl (C=O) groups excluding carboxylic acids is 1. The molecule has 6 nitrogen and oxygen atoms in total. The molecule has 0 spiro atoms. The van der Waals surface area contributed by atoms with Crippen molar-refractivity contribution in [2.45, 2.75) is 26.2 Å². The van der Waals surface area contributed by atoms with Gasteiger partial charge in [-0.2, -0.15) is 0 Å². The molecule has 0 atom stereocenters. The molecule has 2 aromatic rings. The van der Waals surface area contributed by atoms with Crippen LogP contribution >= 0.6 is 12.2 Å². The molecule has 1 heterocycles. The van der Waals surface area contributed by atoms with Crippen molar-refractivity contribution in [2.24, 2.45) is 0 Å². The molecule has 0 fully saturated rings. The Hall–Kier alpha value is -2.80. The van der Waals surface area contributed by atoms with Gasteiger partial charge in [0.1, 0.15) is 13.2 Å². The van der Waals surface area contributed by atoms with E-state index in [1.165, 1.54) is 18.4 Å². The monoisotopic (exact) mass is 385 g/mol. The zero-order valence-corrected chi connectivity index (χ0v) is 16.0. The van der Waals surface area contributed by atoms with Gasteiger partial charge in [-0.3, -0.25) is 15.6 Å². The summed E-state index contributed by atoms with van der Waals surface area (Å²) < 4.78 is 10.9. The molecule has 3 N–H and O–H groups in total. The number of thiocarbonyl (C=S) groups is 1. The maximum absolute atomic E-state index is 12.3. The minimum Gasteiger partial charge on any atom is -0.486 e. The summed E-state index contributed by atoms with van der Waals surface area (Å²) in [5.41, 5.74) is 7.90. The van der Waals surface area contributed by atoms with Crippen molar-refractivity contribution in [1.29, 1.82) is 0 Å². The van der Waals surface area contributed by atoms with Gasteiger partial charge in [0.25, 0.3) is 5.91 Å². The average Bonchev–Trinajstić information content (AvgIpc) is 2.71. The minimum atomic E-state index is -0.314. The van der Waals surface area contributed by atoms with Gasteiger partial charge in [0, 0.05) is 11.3 Å². The van der Waals surface area contributed by atoms with Crippen molar-refractivity contribution in [2.75, 3.05) is 18.5 Å². The van der Waals surface area contributed by atoms with Crippen molar-refractivity contribution in [1.82, 2.24) is 10.9 Å². The molecular weight excluding hydrogens is 362 g/mol. The first kappa shape index (κ1) is 19.0. The molecule has 0 saturated carbocycles. The van der Waals surface area contributed by atoms with E-state index in [1.54, 1.807) is 18.2 Å². The van der Waals surface area contributed by atoms with E-state index in [0.29, 0.717) is 35.4 Å². The summed E-state index contributed by atoms with van der Waals surface area (Å²) in [5, 5.41) is 3.35. The SMILES string of the molecule is CCCCc1ccc(NC(=S)NNC(=O)c2ccc3c(c2)OCCO3)cc1. The third-order valence-corrected chi connectivity index (χ3v) is 4.33. The van der Waals surface area contributed by atoms with Crippen LogP contribution in [0.25, 0.3) is 0 Å². The van der Waals surface area contributed by atoms with E-state index < -0.39 is 0 Å². The number of aryl methyl sites for hydroxylation is 1. The first-order valence-corrected chi connectivity index (χ1v) is 9.42. The van der Waals surface area contributed by atoms with Crippen LogP contribution in [0.5, 0.6) is 11.5 Å². The molecule has 0 unspecified atom stereocenters. The number of carbonyl (C=O) groups is 1. The third-order valence-electron chi connectivity index (χ3n) is 4.12. The Labute approximate surface area is 164 Å². The largest absolute Gasteiger partial charge is 0.486 e. The van der Waals surface area contributed by atoms with E-state index in [0.717, 1.165) is 12.1 Å². The summed E-state index contributed by atoms with van der Waals surface area (Å²) in [6.45, 7) is 3.17. The van der Waals surface area contributed by atoms with E-state index in [1.807, 2.05) is 12.1 Å². The van der Waals surface area contributed by atoms with Gasteiger partial charge in [0.05, 0.1) is 0 Å². The van der Waals surface area contributed by atoms with Crippen LogP contribution in [0.2, 0.25) is 0 Å². The lowest BCUT2D eigenvalue weighted by Gasteiger charge is -2.19. The van der Waals surface area contributed by atoms with Crippen molar-refractivity contribution in [3.63, 3.8) is 0 Å². The summed E-state index contributed by atoms with van der Waals surface area (Å²) in [6, 6.07) is 13.2. The predicted molar refractivity (Wildman–Crippen MR) is 109 cm³/mol. The molecule has 0 aromatic heterocycles. The van der Waals surface area contributed by atoms with E-state index >= 15 is 0 Å². The average molecular weight is 385 g/mol. The van der Waals surface area contributed by atoms with Gasteiger partial charge in [0.15, 0.2) is 16.6 Å². The van der Waals surface area contributed by atoms with Crippen molar-refractivity contribution >= 4 is 28.9 Å². The molecule has 2 aromatic carbocycles. The number of nitrogens with one attached hydrogen (secondary N) is 3. The lowest BCUT2D eigenvalue weighted by molar-refractivity contribution is 0.0943. The number of anilines is 1. The number of rotatable bonds is 5. The summed E-state index contributed by atoms with van der Waals surface area (Å²) in [4.78, 5) is 12.3. The fourth-order valence-electron chi connectivity index (χ4n) is 2.67. The fraction of sp³-hybridized carbons (Fsp3) is 0.300. The van der Waals surface area contributed by atoms with Crippen molar-refractivity contribution in [3.8, 4) is 11.5 Å². The zero-order valence-electron chi connectivity index (χ0n) is 15.2. The number of benzene rings is 2. The van der Waals surface area contributed by atoms with Crippen LogP contribution in [-0.2, 0) is 6.42 Å². The second kappa shape index (κ2) is 9.23. The Morgan fingerprint density at radius 3 is 2.52 bits per heavy atom. The molecule has 27 heavy (non-hydrogen) atoms. The Kier molecular flexibility index (Phi) is 6.49. The van der Waals surface area contributed by atoms with E-state index in [9.17, 15) is 4.79 Å². The van der Waals surface area contributed by atoms with Gasteiger partial charge in [0.2, 0.25) is 0 Å². The molecule has 1 aliphatic heterocycles. The van der Waals surface area contributed by atoms with Gasteiger partial charge >= 0.3 is 0 Å². The number of amides is 1. The lowest BCUT2D eigenvalue weighted by Crippen LogP contribution is -2.43. The molecule has 142 valence electrons. The van der Waals surface area contributed by atoms with Crippen molar-refractivity contribution < 1.29 is 14.3 Å². The number of unbranched alkanes of at least 4 members (excludes halogenated alkanes) is 1. The van der Waals surface area contributed by atoms with Crippen molar-refractivity contribution in [3.05, 3.63) is 53.6 Å². The summed E-state index contributed by atoms with van der Waals surface area (Å²) in [7, 11) is 0. The van der Waals surface area contributed by atoms with Gasteiger partial charge in [-0.1, -0.05) is 25.5 Å². The molecule has 1 aliphatic rings. The Morgan fingerprint density at radius 1 is 1.04 bits per heavy atom. The summed E-state index contributed by atoms with van der Waals surface area (Å²) >= 11 is 5.22. The molecule has 0 radical (unpaired) electrons. The van der Waals surface area contributed by atoms with Crippen LogP contribution in [0, 0.1) is 0 Å². The van der Waals surface area contributed by atoms with E-state index in [-0.39, 0.29) is 5.91 Å². The fourth-order valence-corrected chi connectivity index (χ4v) is 2.84. The number of fused-ring (bicyclic) bond motifs is 1. The van der Waals surface area contributed by atoms with Crippen LogP contribution in [-0.4, -0.2) is 24.2 Å². The first-order chi connectivity index (χ1) is 13.2. The maximum Gasteiger partial charge on any atom is 0.269 e. The standard InChI is InChI=1S/C20H23N3O3S/c1-2-3-4-14-5-8-16(9-6-14)21-20(27)23-22-19(24)15-7-10-17-18(13-15)26-12-11-25-17/h5-10,13H,2-4,11-12H2,1H3,(H,22,24)(H2,21,23,27). The van der Waals surface area contributed by atoms with E-state index in [2.05, 4.69) is 35.2 Å². The second-order valence-electron chi connectivity index (χ2n) is 6.19. The molecular formula is C20H23N3O3S. The Morgan fingerprint density at radius 2 is 1.78 bits per heavy atom. The number of hydrogen-bond acceptors (Lipinski definition) is 4. The van der Waals surface area contributed by atoms with Gasteiger partial charge in [-0.25, -0.2) is 0 Å². The molecule has 7 heteroatoms. The highest BCUT2D eigenvalue weighted by Gasteiger charge is 2.15. The topological polar surface area (TPSA) is 71.6 Å². The quantitative estimate of drug-likeness (QED) is 0.541. The van der Waals surface area contributed by atoms with Crippen LogP contribution in [0.15, 0.2) is 42.5 Å².